The van der Waals surface area contributed by atoms with Crippen molar-refractivity contribution in [3.63, 3.8) is 0 Å². The molecular formula is C25H28N6O3S. The quantitative estimate of drug-likeness (QED) is 0.408. The second-order valence-corrected chi connectivity index (χ2v) is 10.6. The van der Waals surface area contributed by atoms with Crippen LogP contribution in [-0.2, 0) is 21.3 Å². The third-order valence-corrected chi connectivity index (χ3v) is 7.35. The minimum absolute atomic E-state index is 0.207. The summed E-state index contributed by atoms with van der Waals surface area (Å²) < 4.78 is 33.1. The van der Waals surface area contributed by atoms with E-state index in [0.29, 0.717) is 24.8 Å². The zero-order valence-electron chi connectivity index (χ0n) is 19.7. The normalized spacial score (nSPS) is 16.3. The third kappa shape index (κ3) is 5.14. The second-order valence-electron chi connectivity index (χ2n) is 8.60. The number of ether oxygens (including phenoxy) is 1. The van der Waals surface area contributed by atoms with Crippen molar-refractivity contribution in [2.45, 2.75) is 12.6 Å². The van der Waals surface area contributed by atoms with Crippen LogP contribution in [0.15, 0.2) is 67.0 Å². The SMILES string of the molecule is CN(c1ccccc1Cn1ccc2cnc(Nc3ccc(C4COCCN4)cc3)nc21)S(C)(=O)=O. The number of anilines is 3. The number of nitrogens with zero attached hydrogens (tertiary/aromatic N) is 4. The highest BCUT2D eigenvalue weighted by molar-refractivity contribution is 7.92. The van der Waals surface area contributed by atoms with E-state index in [1.165, 1.54) is 16.1 Å². The van der Waals surface area contributed by atoms with Gasteiger partial charge in [-0.3, -0.25) is 4.31 Å². The number of hydrogen-bond donors (Lipinski definition) is 2. The van der Waals surface area contributed by atoms with Crippen LogP contribution in [0.1, 0.15) is 17.2 Å². The molecule has 1 atom stereocenters. The molecule has 1 aliphatic rings. The van der Waals surface area contributed by atoms with Crippen molar-refractivity contribution in [3.8, 4) is 0 Å². The topological polar surface area (TPSA) is 101 Å². The Labute approximate surface area is 204 Å². The van der Waals surface area contributed by atoms with Crippen molar-refractivity contribution in [2.24, 2.45) is 0 Å². The largest absolute Gasteiger partial charge is 0.378 e. The van der Waals surface area contributed by atoms with Crippen LogP contribution < -0.4 is 14.9 Å². The van der Waals surface area contributed by atoms with Gasteiger partial charge < -0.3 is 19.9 Å². The molecule has 0 aliphatic carbocycles. The molecule has 9 nitrogen and oxygen atoms in total. The first-order valence-corrected chi connectivity index (χ1v) is 13.2. The molecular weight excluding hydrogens is 464 g/mol. The molecule has 5 rings (SSSR count). The van der Waals surface area contributed by atoms with Crippen molar-refractivity contribution in [2.75, 3.05) is 42.7 Å². The average molecular weight is 493 g/mol. The van der Waals surface area contributed by atoms with Gasteiger partial charge in [-0.05, 0) is 35.4 Å². The van der Waals surface area contributed by atoms with Crippen LogP contribution >= 0.6 is 0 Å². The molecule has 1 unspecified atom stereocenters. The van der Waals surface area contributed by atoms with E-state index < -0.39 is 10.0 Å². The maximum Gasteiger partial charge on any atom is 0.232 e. The van der Waals surface area contributed by atoms with Crippen molar-refractivity contribution < 1.29 is 13.2 Å². The third-order valence-electron chi connectivity index (χ3n) is 6.16. The van der Waals surface area contributed by atoms with E-state index in [2.05, 4.69) is 27.8 Å². The van der Waals surface area contributed by atoms with Crippen molar-refractivity contribution in [1.29, 1.82) is 0 Å². The van der Waals surface area contributed by atoms with Gasteiger partial charge in [0.15, 0.2) is 0 Å². The molecule has 35 heavy (non-hydrogen) atoms. The maximum absolute atomic E-state index is 12.1. The molecule has 0 radical (unpaired) electrons. The molecule has 2 aromatic heterocycles. The van der Waals surface area contributed by atoms with Gasteiger partial charge in [0.25, 0.3) is 0 Å². The molecule has 2 N–H and O–H groups in total. The highest BCUT2D eigenvalue weighted by Crippen LogP contribution is 2.25. The molecule has 0 spiro atoms. The van der Waals surface area contributed by atoms with Gasteiger partial charge >= 0.3 is 0 Å². The number of sulfonamides is 1. The van der Waals surface area contributed by atoms with Crippen LogP contribution in [-0.4, -0.2) is 56.0 Å². The fourth-order valence-electron chi connectivity index (χ4n) is 4.18. The van der Waals surface area contributed by atoms with E-state index in [1.807, 2.05) is 53.2 Å². The average Bonchev–Trinajstić information content (AvgIpc) is 3.26. The predicted molar refractivity (Wildman–Crippen MR) is 138 cm³/mol. The summed E-state index contributed by atoms with van der Waals surface area (Å²) in [4.78, 5) is 9.20. The molecule has 3 heterocycles. The molecule has 1 saturated heterocycles. The van der Waals surface area contributed by atoms with E-state index in [0.717, 1.165) is 35.4 Å². The minimum Gasteiger partial charge on any atom is -0.378 e. The fourth-order valence-corrected chi connectivity index (χ4v) is 4.72. The Bertz CT molecular complexity index is 1430. The van der Waals surface area contributed by atoms with Gasteiger partial charge in [0.2, 0.25) is 16.0 Å². The summed E-state index contributed by atoms with van der Waals surface area (Å²) in [6.07, 6.45) is 4.92. The Balaban J connectivity index is 1.37. The molecule has 1 fully saturated rings. The number of benzene rings is 2. The maximum atomic E-state index is 12.1. The summed E-state index contributed by atoms with van der Waals surface area (Å²) in [5, 5.41) is 7.65. The molecule has 10 heteroatoms. The summed E-state index contributed by atoms with van der Waals surface area (Å²) >= 11 is 0. The lowest BCUT2D eigenvalue weighted by Gasteiger charge is -2.24. The Hall–Kier alpha value is -3.47. The Morgan fingerprint density at radius 1 is 1.17 bits per heavy atom. The first-order valence-electron chi connectivity index (χ1n) is 11.4. The monoisotopic (exact) mass is 492 g/mol. The number of morpholine rings is 1. The standard InChI is InChI=1S/C25H28N6O3S/c1-30(35(2,32)33)23-6-4-3-5-20(23)16-31-13-11-19-15-27-25(29-24(19)31)28-21-9-7-18(8-10-21)22-17-34-14-12-26-22/h3-11,13,15,22,26H,12,14,16-17H2,1-2H3,(H,27,28,29). The second kappa shape index (κ2) is 9.65. The summed E-state index contributed by atoms with van der Waals surface area (Å²) in [5.74, 6) is 0.492. The van der Waals surface area contributed by atoms with Crippen LogP contribution in [0.5, 0.6) is 0 Å². The van der Waals surface area contributed by atoms with Gasteiger partial charge in [-0.25, -0.2) is 13.4 Å². The zero-order valence-corrected chi connectivity index (χ0v) is 20.5. The van der Waals surface area contributed by atoms with Crippen LogP contribution in [0.4, 0.5) is 17.3 Å². The summed E-state index contributed by atoms with van der Waals surface area (Å²) in [6.45, 7) is 2.75. The first-order chi connectivity index (χ1) is 16.9. The highest BCUT2D eigenvalue weighted by atomic mass is 32.2. The molecule has 0 saturated carbocycles. The van der Waals surface area contributed by atoms with Crippen molar-refractivity contribution >= 4 is 38.4 Å². The highest BCUT2D eigenvalue weighted by Gasteiger charge is 2.17. The molecule has 1 aliphatic heterocycles. The van der Waals surface area contributed by atoms with Crippen molar-refractivity contribution in [3.05, 3.63) is 78.1 Å². The summed E-state index contributed by atoms with van der Waals surface area (Å²) in [5.41, 5.74) is 4.35. The zero-order chi connectivity index (χ0) is 24.4. The number of aromatic nitrogens is 3. The van der Waals surface area contributed by atoms with Crippen LogP contribution in [0.25, 0.3) is 11.0 Å². The summed E-state index contributed by atoms with van der Waals surface area (Å²) in [6, 6.07) is 17.8. The Morgan fingerprint density at radius 2 is 1.97 bits per heavy atom. The number of hydrogen-bond acceptors (Lipinski definition) is 7. The van der Waals surface area contributed by atoms with Gasteiger partial charge in [0.05, 0.1) is 37.7 Å². The predicted octanol–water partition coefficient (Wildman–Crippen LogP) is 3.28. The van der Waals surface area contributed by atoms with E-state index in [9.17, 15) is 8.42 Å². The summed E-state index contributed by atoms with van der Waals surface area (Å²) in [7, 11) is -1.81. The van der Waals surface area contributed by atoms with Gasteiger partial charge in [-0.15, -0.1) is 0 Å². The van der Waals surface area contributed by atoms with Crippen LogP contribution in [0, 0.1) is 0 Å². The van der Waals surface area contributed by atoms with Gasteiger partial charge in [-0.1, -0.05) is 30.3 Å². The molecule has 2 aromatic carbocycles. The number of rotatable bonds is 7. The Morgan fingerprint density at radius 3 is 2.71 bits per heavy atom. The lowest BCUT2D eigenvalue weighted by atomic mass is 10.1. The molecule has 0 bridgehead atoms. The number of fused-ring (bicyclic) bond motifs is 1. The smallest absolute Gasteiger partial charge is 0.232 e. The first kappa shape index (κ1) is 23.3. The van der Waals surface area contributed by atoms with Crippen molar-refractivity contribution in [1.82, 2.24) is 19.9 Å². The number of para-hydroxylation sites is 1. The van der Waals surface area contributed by atoms with Crippen LogP contribution in [0.3, 0.4) is 0 Å². The fraction of sp³-hybridized carbons (Fsp3) is 0.280. The molecule has 182 valence electrons. The molecule has 4 aromatic rings. The van der Waals surface area contributed by atoms with E-state index in [4.69, 9.17) is 9.72 Å². The van der Waals surface area contributed by atoms with Gasteiger partial charge in [0, 0.05) is 37.1 Å². The molecule has 0 amide bonds. The lowest BCUT2D eigenvalue weighted by Crippen LogP contribution is -2.34. The van der Waals surface area contributed by atoms with E-state index in [1.54, 1.807) is 13.2 Å². The lowest BCUT2D eigenvalue weighted by molar-refractivity contribution is 0.0769. The number of nitrogens with one attached hydrogen (secondary N) is 2. The van der Waals surface area contributed by atoms with E-state index >= 15 is 0 Å². The van der Waals surface area contributed by atoms with Crippen LogP contribution in [0.2, 0.25) is 0 Å². The Kier molecular flexibility index (Phi) is 6.42. The van der Waals surface area contributed by atoms with E-state index in [-0.39, 0.29) is 6.04 Å². The van der Waals surface area contributed by atoms with Gasteiger partial charge in [-0.2, -0.15) is 4.98 Å². The van der Waals surface area contributed by atoms with Gasteiger partial charge in [0.1, 0.15) is 5.65 Å². The minimum atomic E-state index is -3.37.